The largest absolute Gasteiger partial charge is 0.398 e. The Hall–Kier alpha value is -1.10. The van der Waals surface area contributed by atoms with Crippen molar-refractivity contribution >= 4 is 23.1 Å². The standard InChI is InChI=1S/C15H18ClNO3/c16-12-2-1-10(7-13(12)17)14(18)11-3-5-20-15(8-11)4-6-19-9-15/h1-2,7,11H,3-6,8-9,17H2. The molecule has 2 saturated heterocycles. The zero-order chi connectivity index (χ0) is 14.2. The first kappa shape index (κ1) is 13.9. The van der Waals surface area contributed by atoms with Crippen LogP contribution in [0.25, 0.3) is 0 Å². The molecule has 2 fully saturated rings. The van der Waals surface area contributed by atoms with Crippen molar-refractivity contribution in [3.8, 4) is 0 Å². The summed E-state index contributed by atoms with van der Waals surface area (Å²) in [4.78, 5) is 12.6. The number of carbonyl (C=O) groups excluding carboxylic acids is 1. The van der Waals surface area contributed by atoms with Crippen molar-refractivity contribution in [2.45, 2.75) is 24.9 Å². The van der Waals surface area contributed by atoms with E-state index < -0.39 is 0 Å². The first-order chi connectivity index (χ1) is 9.60. The monoisotopic (exact) mass is 295 g/mol. The molecule has 5 heteroatoms. The van der Waals surface area contributed by atoms with Crippen LogP contribution in [0.4, 0.5) is 5.69 Å². The molecule has 0 saturated carbocycles. The summed E-state index contributed by atoms with van der Waals surface area (Å²) in [6, 6.07) is 5.09. The van der Waals surface area contributed by atoms with Crippen molar-refractivity contribution in [1.29, 1.82) is 0 Å². The zero-order valence-corrected chi connectivity index (χ0v) is 12.0. The van der Waals surface area contributed by atoms with E-state index in [1.165, 1.54) is 0 Å². The van der Waals surface area contributed by atoms with Crippen molar-refractivity contribution < 1.29 is 14.3 Å². The molecule has 0 radical (unpaired) electrons. The number of benzene rings is 1. The van der Waals surface area contributed by atoms with Crippen LogP contribution >= 0.6 is 11.6 Å². The van der Waals surface area contributed by atoms with Gasteiger partial charge in [0.05, 0.1) is 22.9 Å². The van der Waals surface area contributed by atoms with Crippen LogP contribution in [0.15, 0.2) is 18.2 Å². The van der Waals surface area contributed by atoms with Gasteiger partial charge in [0.15, 0.2) is 5.78 Å². The number of hydrogen-bond acceptors (Lipinski definition) is 4. The lowest BCUT2D eigenvalue weighted by Crippen LogP contribution is -2.42. The maximum Gasteiger partial charge on any atom is 0.166 e. The first-order valence-corrected chi connectivity index (χ1v) is 7.28. The third-order valence-corrected chi connectivity index (χ3v) is 4.56. The molecule has 0 aromatic heterocycles. The average Bonchev–Trinajstić information content (AvgIpc) is 2.89. The van der Waals surface area contributed by atoms with Gasteiger partial charge in [0.25, 0.3) is 0 Å². The van der Waals surface area contributed by atoms with Gasteiger partial charge in [-0.3, -0.25) is 4.79 Å². The average molecular weight is 296 g/mol. The lowest BCUT2D eigenvalue weighted by atomic mass is 9.81. The number of nitrogens with two attached hydrogens (primary N) is 1. The maximum atomic E-state index is 12.6. The maximum absolute atomic E-state index is 12.6. The molecule has 1 aromatic rings. The molecule has 1 spiro atoms. The Bertz CT molecular complexity index is 526. The van der Waals surface area contributed by atoms with Crippen LogP contribution in [0.3, 0.4) is 0 Å². The van der Waals surface area contributed by atoms with Gasteiger partial charge in [-0.2, -0.15) is 0 Å². The molecular weight excluding hydrogens is 278 g/mol. The summed E-state index contributed by atoms with van der Waals surface area (Å²) in [5.41, 5.74) is 6.60. The van der Waals surface area contributed by atoms with Crippen molar-refractivity contribution in [2.75, 3.05) is 25.6 Å². The van der Waals surface area contributed by atoms with Gasteiger partial charge in [-0.25, -0.2) is 0 Å². The Morgan fingerprint density at radius 3 is 2.95 bits per heavy atom. The fourth-order valence-corrected chi connectivity index (χ4v) is 3.17. The van der Waals surface area contributed by atoms with E-state index in [1.807, 2.05) is 0 Å². The molecule has 0 bridgehead atoms. The summed E-state index contributed by atoms with van der Waals surface area (Å²) in [5.74, 6) is 0.106. The van der Waals surface area contributed by atoms with E-state index in [-0.39, 0.29) is 17.3 Å². The Labute approximate surface area is 123 Å². The molecule has 2 aliphatic rings. The number of carbonyl (C=O) groups is 1. The molecule has 0 aliphatic carbocycles. The van der Waals surface area contributed by atoms with E-state index in [0.29, 0.717) is 29.5 Å². The Kier molecular flexibility index (Phi) is 3.71. The molecule has 4 nitrogen and oxygen atoms in total. The summed E-state index contributed by atoms with van der Waals surface area (Å²) >= 11 is 5.90. The third kappa shape index (κ3) is 2.55. The number of ether oxygens (including phenoxy) is 2. The summed E-state index contributed by atoms with van der Waals surface area (Å²) in [5, 5.41) is 0.481. The molecule has 2 heterocycles. The Morgan fingerprint density at radius 2 is 2.25 bits per heavy atom. The van der Waals surface area contributed by atoms with Crippen molar-refractivity contribution in [3.05, 3.63) is 28.8 Å². The lowest BCUT2D eigenvalue weighted by molar-refractivity contribution is -0.0920. The fourth-order valence-electron chi connectivity index (χ4n) is 3.05. The molecule has 3 rings (SSSR count). The number of anilines is 1. The molecule has 0 amide bonds. The molecular formula is C15H18ClNO3. The summed E-state index contributed by atoms with van der Waals surface area (Å²) in [6.45, 7) is 1.93. The second-order valence-electron chi connectivity index (χ2n) is 5.62. The van der Waals surface area contributed by atoms with E-state index in [4.69, 9.17) is 26.8 Å². The quantitative estimate of drug-likeness (QED) is 0.673. The van der Waals surface area contributed by atoms with Gasteiger partial charge in [-0.1, -0.05) is 11.6 Å². The smallest absolute Gasteiger partial charge is 0.166 e. The Balaban J connectivity index is 1.77. The third-order valence-electron chi connectivity index (χ3n) is 4.21. The predicted molar refractivity (Wildman–Crippen MR) is 77.0 cm³/mol. The summed E-state index contributed by atoms with van der Waals surface area (Å²) < 4.78 is 11.3. The normalized spacial score (nSPS) is 29.8. The Morgan fingerprint density at radius 1 is 1.40 bits per heavy atom. The van der Waals surface area contributed by atoms with Crippen LogP contribution < -0.4 is 5.73 Å². The van der Waals surface area contributed by atoms with E-state index in [9.17, 15) is 4.79 Å². The molecule has 2 atom stereocenters. The van der Waals surface area contributed by atoms with Crippen LogP contribution in [0.1, 0.15) is 29.6 Å². The van der Waals surface area contributed by atoms with Gasteiger partial charge in [-0.15, -0.1) is 0 Å². The second-order valence-corrected chi connectivity index (χ2v) is 6.03. The number of rotatable bonds is 2. The van der Waals surface area contributed by atoms with E-state index in [2.05, 4.69) is 0 Å². The predicted octanol–water partition coefficient (Wildman–Crippen LogP) is 2.69. The second kappa shape index (κ2) is 5.35. The van der Waals surface area contributed by atoms with Gasteiger partial charge in [-0.05, 0) is 31.0 Å². The van der Waals surface area contributed by atoms with Crippen molar-refractivity contribution in [1.82, 2.24) is 0 Å². The highest BCUT2D eigenvalue weighted by Crippen LogP contribution is 2.37. The molecule has 108 valence electrons. The van der Waals surface area contributed by atoms with Gasteiger partial charge in [0, 0.05) is 31.1 Å². The van der Waals surface area contributed by atoms with Crippen LogP contribution in [0.2, 0.25) is 5.02 Å². The highest BCUT2D eigenvalue weighted by molar-refractivity contribution is 6.33. The van der Waals surface area contributed by atoms with Crippen molar-refractivity contribution in [3.63, 3.8) is 0 Å². The lowest BCUT2D eigenvalue weighted by Gasteiger charge is -2.36. The highest BCUT2D eigenvalue weighted by atomic mass is 35.5. The number of ketones is 1. The van der Waals surface area contributed by atoms with Crippen LogP contribution in [-0.4, -0.2) is 31.2 Å². The number of halogens is 1. The summed E-state index contributed by atoms with van der Waals surface area (Å²) in [6.07, 6.45) is 2.36. The highest BCUT2D eigenvalue weighted by Gasteiger charge is 2.43. The molecule has 20 heavy (non-hydrogen) atoms. The molecule has 2 unspecified atom stereocenters. The topological polar surface area (TPSA) is 61.6 Å². The van der Waals surface area contributed by atoms with Crippen molar-refractivity contribution in [2.24, 2.45) is 5.92 Å². The molecule has 2 N–H and O–H groups in total. The van der Waals surface area contributed by atoms with Gasteiger partial charge < -0.3 is 15.2 Å². The minimum atomic E-state index is -0.253. The summed E-state index contributed by atoms with van der Waals surface area (Å²) in [7, 11) is 0. The number of Topliss-reactive ketones (excluding diaryl/α,β-unsaturated/α-hetero) is 1. The zero-order valence-electron chi connectivity index (χ0n) is 11.2. The molecule has 1 aromatic carbocycles. The van der Waals surface area contributed by atoms with Crippen LogP contribution in [0.5, 0.6) is 0 Å². The van der Waals surface area contributed by atoms with Gasteiger partial charge >= 0.3 is 0 Å². The van der Waals surface area contributed by atoms with E-state index >= 15 is 0 Å². The minimum Gasteiger partial charge on any atom is -0.398 e. The molecule has 2 aliphatic heterocycles. The minimum absolute atomic E-state index is 0.0222. The van der Waals surface area contributed by atoms with Gasteiger partial charge in [0.2, 0.25) is 0 Å². The van der Waals surface area contributed by atoms with E-state index in [1.54, 1.807) is 18.2 Å². The van der Waals surface area contributed by atoms with Crippen LogP contribution in [-0.2, 0) is 9.47 Å². The fraction of sp³-hybridized carbons (Fsp3) is 0.533. The van der Waals surface area contributed by atoms with Gasteiger partial charge in [0.1, 0.15) is 0 Å². The van der Waals surface area contributed by atoms with E-state index in [0.717, 1.165) is 25.9 Å². The first-order valence-electron chi connectivity index (χ1n) is 6.91. The van der Waals surface area contributed by atoms with Crippen LogP contribution in [0, 0.1) is 5.92 Å². The number of hydrogen-bond donors (Lipinski definition) is 1. The number of nitrogen functional groups attached to an aromatic ring is 1. The SMILES string of the molecule is Nc1cc(C(=O)C2CCOC3(CCOC3)C2)ccc1Cl.